The summed E-state index contributed by atoms with van der Waals surface area (Å²) >= 11 is 0. The van der Waals surface area contributed by atoms with Gasteiger partial charge in [-0.15, -0.1) is 0 Å². The SMILES string of the molecule is CCOC1CC(N(C)C(=O)C(C)C2CNC2)C12CCCCC2. The molecule has 4 nitrogen and oxygen atoms in total. The highest BCUT2D eigenvalue weighted by molar-refractivity contribution is 5.79. The second kappa shape index (κ2) is 6.48. The molecular formula is C18H32N2O2. The van der Waals surface area contributed by atoms with Crippen LogP contribution in [0, 0.1) is 17.3 Å². The number of nitrogens with one attached hydrogen (secondary N) is 1. The van der Waals surface area contributed by atoms with Gasteiger partial charge in [-0.1, -0.05) is 26.2 Å². The predicted molar refractivity (Wildman–Crippen MR) is 87.6 cm³/mol. The molecule has 1 aliphatic heterocycles. The lowest BCUT2D eigenvalue weighted by Gasteiger charge is -2.60. The van der Waals surface area contributed by atoms with Gasteiger partial charge in [0.1, 0.15) is 0 Å². The third-order valence-corrected chi connectivity index (χ3v) is 6.62. The van der Waals surface area contributed by atoms with Crippen molar-refractivity contribution in [2.75, 3.05) is 26.7 Å². The van der Waals surface area contributed by atoms with E-state index in [0.717, 1.165) is 26.1 Å². The standard InChI is InChI=1S/C18H32N2O2/c1-4-22-16-10-15(18(16)8-6-5-7-9-18)20(3)17(21)13(2)14-11-19-12-14/h13-16,19H,4-12H2,1-3H3. The smallest absolute Gasteiger partial charge is 0.225 e. The third kappa shape index (κ3) is 2.58. The lowest BCUT2D eigenvalue weighted by molar-refractivity contribution is -0.187. The summed E-state index contributed by atoms with van der Waals surface area (Å²) in [4.78, 5) is 14.9. The molecule has 0 bridgehead atoms. The van der Waals surface area contributed by atoms with E-state index < -0.39 is 0 Å². The molecule has 1 amide bonds. The van der Waals surface area contributed by atoms with E-state index in [2.05, 4.69) is 24.1 Å². The molecule has 2 aliphatic carbocycles. The Labute approximate surface area is 135 Å². The number of hydrogen-bond donors (Lipinski definition) is 1. The van der Waals surface area contributed by atoms with Crippen molar-refractivity contribution in [1.29, 1.82) is 0 Å². The van der Waals surface area contributed by atoms with Gasteiger partial charge in [-0.3, -0.25) is 4.79 Å². The van der Waals surface area contributed by atoms with E-state index in [4.69, 9.17) is 4.74 Å². The minimum Gasteiger partial charge on any atom is -0.378 e. The highest BCUT2D eigenvalue weighted by atomic mass is 16.5. The summed E-state index contributed by atoms with van der Waals surface area (Å²) in [5.74, 6) is 1.02. The molecule has 0 aromatic carbocycles. The summed E-state index contributed by atoms with van der Waals surface area (Å²) in [6.07, 6.45) is 7.81. The maximum atomic E-state index is 12.9. The van der Waals surface area contributed by atoms with Crippen LogP contribution in [0.1, 0.15) is 52.4 Å². The van der Waals surface area contributed by atoms with Gasteiger partial charge in [-0.05, 0) is 45.2 Å². The van der Waals surface area contributed by atoms with E-state index in [1.807, 2.05) is 7.05 Å². The number of nitrogens with zero attached hydrogens (tertiary/aromatic N) is 1. The zero-order chi connectivity index (χ0) is 15.7. The van der Waals surface area contributed by atoms with Gasteiger partial charge in [0.2, 0.25) is 5.91 Å². The van der Waals surface area contributed by atoms with Crippen LogP contribution in [0.3, 0.4) is 0 Å². The molecule has 126 valence electrons. The van der Waals surface area contributed by atoms with Crippen LogP contribution in [-0.2, 0) is 9.53 Å². The molecule has 1 heterocycles. The molecular weight excluding hydrogens is 276 g/mol. The molecule has 3 unspecified atom stereocenters. The van der Waals surface area contributed by atoms with Crippen LogP contribution in [0.2, 0.25) is 0 Å². The van der Waals surface area contributed by atoms with Crippen molar-refractivity contribution in [2.45, 2.75) is 64.5 Å². The fraction of sp³-hybridized carbons (Fsp3) is 0.944. The average Bonchev–Trinajstić information content (AvgIpc) is 2.48. The Morgan fingerprint density at radius 1 is 1.32 bits per heavy atom. The first-order valence-corrected chi connectivity index (χ1v) is 9.19. The monoisotopic (exact) mass is 308 g/mol. The average molecular weight is 308 g/mol. The van der Waals surface area contributed by atoms with Gasteiger partial charge in [0.25, 0.3) is 0 Å². The fourth-order valence-electron chi connectivity index (χ4n) is 4.91. The molecule has 4 heteroatoms. The normalized spacial score (nSPS) is 32.1. The largest absolute Gasteiger partial charge is 0.378 e. The van der Waals surface area contributed by atoms with Crippen molar-refractivity contribution in [3.8, 4) is 0 Å². The maximum Gasteiger partial charge on any atom is 0.225 e. The molecule has 0 radical (unpaired) electrons. The molecule has 3 rings (SSSR count). The second-order valence-corrected chi connectivity index (χ2v) is 7.65. The Morgan fingerprint density at radius 2 is 2.00 bits per heavy atom. The fourth-order valence-corrected chi connectivity index (χ4v) is 4.91. The lowest BCUT2D eigenvalue weighted by atomic mass is 9.54. The van der Waals surface area contributed by atoms with E-state index in [1.165, 1.54) is 32.1 Å². The van der Waals surface area contributed by atoms with E-state index >= 15 is 0 Å². The molecule has 2 saturated carbocycles. The Balaban J connectivity index is 1.68. The van der Waals surface area contributed by atoms with Crippen molar-refractivity contribution in [2.24, 2.45) is 17.3 Å². The molecule has 1 saturated heterocycles. The summed E-state index contributed by atoms with van der Waals surface area (Å²) in [5.41, 5.74) is 0.246. The molecule has 3 aliphatic rings. The van der Waals surface area contributed by atoms with Crippen LogP contribution in [0.4, 0.5) is 0 Å². The Morgan fingerprint density at radius 3 is 2.55 bits per heavy atom. The van der Waals surface area contributed by atoms with Crippen LogP contribution < -0.4 is 5.32 Å². The Kier molecular flexibility index (Phi) is 4.79. The second-order valence-electron chi connectivity index (χ2n) is 7.65. The number of amides is 1. The highest BCUT2D eigenvalue weighted by Gasteiger charge is 2.58. The minimum atomic E-state index is 0.151. The number of carbonyl (C=O) groups excluding carboxylic acids is 1. The quantitative estimate of drug-likeness (QED) is 0.848. The van der Waals surface area contributed by atoms with Crippen molar-refractivity contribution in [1.82, 2.24) is 10.2 Å². The van der Waals surface area contributed by atoms with Gasteiger partial charge in [0, 0.05) is 31.0 Å². The van der Waals surface area contributed by atoms with E-state index in [0.29, 0.717) is 24.0 Å². The topological polar surface area (TPSA) is 41.6 Å². The number of hydrogen-bond acceptors (Lipinski definition) is 3. The van der Waals surface area contributed by atoms with E-state index in [9.17, 15) is 4.79 Å². The number of carbonyl (C=O) groups is 1. The highest BCUT2D eigenvalue weighted by Crippen LogP contribution is 2.55. The van der Waals surface area contributed by atoms with Crippen LogP contribution in [0.5, 0.6) is 0 Å². The molecule has 22 heavy (non-hydrogen) atoms. The molecule has 1 spiro atoms. The molecule has 1 N–H and O–H groups in total. The van der Waals surface area contributed by atoms with Crippen molar-refractivity contribution in [3.05, 3.63) is 0 Å². The third-order valence-electron chi connectivity index (χ3n) is 6.62. The lowest BCUT2D eigenvalue weighted by Crippen LogP contribution is -2.66. The van der Waals surface area contributed by atoms with Crippen LogP contribution >= 0.6 is 0 Å². The molecule has 0 aromatic heterocycles. The Hall–Kier alpha value is -0.610. The molecule has 3 fully saturated rings. The van der Waals surface area contributed by atoms with Gasteiger partial charge < -0.3 is 15.0 Å². The first kappa shape index (κ1) is 16.3. The molecule has 0 aromatic rings. The van der Waals surface area contributed by atoms with E-state index in [1.54, 1.807) is 0 Å². The van der Waals surface area contributed by atoms with Crippen LogP contribution in [0.25, 0.3) is 0 Å². The van der Waals surface area contributed by atoms with Gasteiger partial charge in [0.05, 0.1) is 6.10 Å². The first-order valence-electron chi connectivity index (χ1n) is 9.19. The van der Waals surface area contributed by atoms with Crippen LogP contribution in [0.15, 0.2) is 0 Å². The maximum absolute atomic E-state index is 12.9. The predicted octanol–water partition coefficient (Wildman–Crippen LogP) is 2.43. The Bertz CT molecular complexity index is 402. The van der Waals surface area contributed by atoms with Crippen molar-refractivity contribution < 1.29 is 9.53 Å². The van der Waals surface area contributed by atoms with Gasteiger partial charge in [-0.25, -0.2) is 0 Å². The first-order chi connectivity index (χ1) is 10.6. The van der Waals surface area contributed by atoms with Crippen molar-refractivity contribution in [3.63, 3.8) is 0 Å². The number of ether oxygens (including phenoxy) is 1. The minimum absolute atomic E-state index is 0.151. The summed E-state index contributed by atoms with van der Waals surface area (Å²) in [6.45, 7) is 6.98. The van der Waals surface area contributed by atoms with Gasteiger partial charge in [0.15, 0.2) is 0 Å². The van der Waals surface area contributed by atoms with Gasteiger partial charge >= 0.3 is 0 Å². The summed E-state index contributed by atoms with van der Waals surface area (Å²) in [7, 11) is 2.04. The summed E-state index contributed by atoms with van der Waals surface area (Å²) in [6, 6.07) is 0.396. The molecule has 3 atom stereocenters. The summed E-state index contributed by atoms with van der Waals surface area (Å²) in [5, 5.41) is 3.28. The zero-order valence-corrected chi connectivity index (χ0v) is 14.4. The van der Waals surface area contributed by atoms with E-state index in [-0.39, 0.29) is 11.3 Å². The van der Waals surface area contributed by atoms with Gasteiger partial charge in [-0.2, -0.15) is 0 Å². The van der Waals surface area contributed by atoms with Crippen molar-refractivity contribution >= 4 is 5.91 Å². The summed E-state index contributed by atoms with van der Waals surface area (Å²) < 4.78 is 6.02. The number of rotatable bonds is 5. The zero-order valence-electron chi connectivity index (χ0n) is 14.4. The van der Waals surface area contributed by atoms with Crippen LogP contribution in [-0.4, -0.2) is 49.7 Å².